The van der Waals surface area contributed by atoms with Crippen molar-refractivity contribution in [2.45, 2.75) is 19.0 Å². The first-order chi connectivity index (χ1) is 11.5. The zero-order valence-electron chi connectivity index (χ0n) is 13.4. The Labute approximate surface area is 149 Å². The van der Waals surface area contributed by atoms with E-state index in [0.717, 1.165) is 27.9 Å². The molecule has 1 atom stereocenters. The lowest BCUT2D eigenvalue weighted by atomic mass is 9.92. The standard InChI is InChI=1S/C18H20BrN3O2/c1-18(20,13-2-4-14(19)5-3-13)17(23)22-15-6-7-16-12(10-15)11-21-8-9-24-16/h2-7,10,21H,8-9,11,20H2,1H3,(H,22,23). The molecule has 0 spiro atoms. The number of nitrogens with two attached hydrogens (primary N) is 1. The molecule has 3 rings (SSSR count). The van der Waals surface area contributed by atoms with Crippen molar-refractivity contribution in [2.75, 3.05) is 18.5 Å². The second-order valence-corrected chi connectivity index (χ2v) is 6.93. The van der Waals surface area contributed by atoms with Gasteiger partial charge in [-0.3, -0.25) is 4.79 Å². The maximum Gasteiger partial charge on any atom is 0.248 e. The van der Waals surface area contributed by atoms with Crippen molar-refractivity contribution in [1.29, 1.82) is 0 Å². The number of hydrogen-bond acceptors (Lipinski definition) is 4. The van der Waals surface area contributed by atoms with Crippen LogP contribution in [0.25, 0.3) is 0 Å². The molecule has 0 saturated carbocycles. The highest BCUT2D eigenvalue weighted by Gasteiger charge is 2.30. The molecular weight excluding hydrogens is 370 g/mol. The number of ether oxygens (including phenoxy) is 1. The zero-order valence-corrected chi connectivity index (χ0v) is 15.0. The highest BCUT2D eigenvalue weighted by atomic mass is 79.9. The Balaban J connectivity index is 1.78. The van der Waals surface area contributed by atoms with Gasteiger partial charge in [0.05, 0.1) is 0 Å². The normalized spacial score (nSPS) is 16.3. The van der Waals surface area contributed by atoms with Crippen LogP contribution in [0.15, 0.2) is 46.9 Å². The predicted molar refractivity (Wildman–Crippen MR) is 98.0 cm³/mol. The summed E-state index contributed by atoms with van der Waals surface area (Å²) in [6.45, 7) is 3.87. The van der Waals surface area contributed by atoms with Crippen LogP contribution >= 0.6 is 15.9 Å². The largest absolute Gasteiger partial charge is 0.492 e. The molecule has 2 aromatic carbocycles. The van der Waals surface area contributed by atoms with E-state index in [2.05, 4.69) is 26.6 Å². The van der Waals surface area contributed by atoms with E-state index in [4.69, 9.17) is 10.5 Å². The molecule has 2 aromatic rings. The smallest absolute Gasteiger partial charge is 0.248 e. The topological polar surface area (TPSA) is 76.4 Å². The number of carbonyl (C=O) groups is 1. The molecule has 0 fully saturated rings. The molecule has 0 aliphatic carbocycles. The van der Waals surface area contributed by atoms with Gasteiger partial charge in [0.25, 0.3) is 0 Å². The fraction of sp³-hybridized carbons (Fsp3) is 0.278. The number of rotatable bonds is 3. The van der Waals surface area contributed by atoms with Gasteiger partial charge in [-0.15, -0.1) is 0 Å². The molecule has 5 nitrogen and oxygen atoms in total. The summed E-state index contributed by atoms with van der Waals surface area (Å²) < 4.78 is 6.60. The van der Waals surface area contributed by atoms with Gasteiger partial charge >= 0.3 is 0 Å². The molecule has 0 aromatic heterocycles. The highest BCUT2D eigenvalue weighted by Crippen LogP contribution is 2.26. The van der Waals surface area contributed by atoms with Crippen LogP contribution in [0, 0.1) is 0 Å². The molecule has 1 aliphatic heterocycles. The summed E-state index contributed by atoms with van der Waals surface area (Å²) >= 11 is 3.39. The van der Waals surface area contributed by atoms with Gasteiger partial charge in [-0.05, 0) is 42.8 Å². The third kappa shape index (κ3) is 3.61. The molecule has 24 heavy (non-hydrogen) atoms. The summed E-state index contributed by atoms with van der Waals surface area (Å²) in [6.07, 6.45) is 0. The first kappa shape index (κ1) is 17.0. The average Bonchev–Trinajstić information content (AvgIpc) is 2.80. The Kier molecular flexibility index (Phi) is 4.89. The number of benzene rings is 2. The second kappa shape index (κ2) is 6.93. The van der Waals surface area contributed by atoms with E-state index >= 15 is 0 Å². The molecule has 1 unspecified atom stereocenters. The van der Waals surface area contributed by atoms with Crippen LogP contribution in [0.1, 0.15) is 18.1 Å². The Morgan fingerprint density at radius 1 is 1.29 bits per heavy atom. The van der Waals surface area contributed by atoms with Crippen molar-refractivity contribution in [1.82, 2.24) is 5.32 Å². The zero-order chi connectivity index (χ0) is 17.2. The number of nitrogens with one attached hydrogen (secondary N) is 2. The van der Waals surface area contributed by atoms with Crippen LogP contribution in [0.5, 0.6) is 5.75 Å². The monoisotopic (exact) mass is 389 g/mol. The van der Waals surface area contributed by atoms with Gasteiger partial charge in [0, 0.05) is 28.8 Å². The molecule has 1 aliphatic rings. The van der Waals surface area contributed by atoms with Gasteiger partial charge in [0.15, 0.2) is 0 Å². The van der Waals surface area contributed by atoms with Crippen LogP contribution in [-0.2, 0) is 16.9 Å². The van der Waals surface area contributed by atoms with E-state index in [1.807, 2.05) is 42.5 Å². The van der Waals surface area contributed by atoms with E-state index in [0.29, 0.717) is 18.8 Å². The van der Waals surface area contributed by atoms with Crippen LogP contribution in [0.4, 0.5) is 5.69 Å². The fourth-order valence-corrected chi connectivity index (χ4v) is 2.84. The van der Waals surface area contributed by atoms with Gasteiger partial charge in [0.1, 0.15) is 17.9 Å². The lowest BCUT2D eigenvalue weighted by Crippen LogP contribution is -2.45. The van der Waals surface area contributed by atoms with Crippen molar-refractivity contribution < 1.29 is 9.53 Å². The van der Waals surface area contributed by atoms with Gasteiger partial charge < -0.3 is 21.1 Å². The van der Waals surface area contributed by atoms with Crippen molar-refractivity contribution in [3.8, 4) is 5.75 Å². The van der Waals surface area contributed by atoms with Crippen LogP contribution < -0.4 is 21.1 Å². The van der Waals surface area contributed by atoms with Crippen LogP contribution in [0.3, 0.4) is 0 Å². The molecule has 6 heteroatoms. The van der Waals surface area contributed by atoms with Crippen molar-refractivity contribution >= 4 is 27.5 Å². The summed E-state index contributed by atoms with van der Waals surface area (Å²) in [5.74, 6) is 0.591. The van der Waals surface area contributed by atoms with E-state index in [1.165, 1.54) is 0 Å². The third-order valence-electron chi connectivity index (χ3n) is 4.09. The molecule has 1 heterocycles. The Morgan fingerprint density at radius 3 is 2.79 bits per heavy atom. The van der Waals surface area contributed by atoms with Crippen molar-refractivity contribution in [2.24, 2.45) is 5.73 Å². The lowest BCUT2D eigenvalue weighted by molar-refractivity contribution is -0.120. The lowest BCUT2D eigenvalue weighted by Gasteiger charge is -2.24. The van der Waals surface area contributed by atoms with Gasteiger partial charge in [0.2, 0.25) is 5.91 Å². The molecule has 1 amide bonds. The van der Waals surface area contributed by atoms with E-state index in [1.54, 1.807) is 6.92 Å². The minimum Gasteiger partial charge on any atom is -0.492 e. The average molecular weight is 390 g/mol. The fourth-order valence-electron chi connectivity index (χ4n) is 2.58. The second-order valence-electron chi connectivity index (χ2n) is 6.01. The maximum atomic E-state index is 12.7. The maximum absolute atomic E-state index is 12.7. The Morgan fingerprint density at radius 2 is 2.04 bits per heavy atom. The first-order valence-electron chi connectivity index (χ1n) is 7.79. The van der Waals surface area contributed by atoms with Gasteiger partial charge in [-0.25, -0.2) is 0 Å². The number of carbonyl (C=O) groups excluding carboxylic acids is 1. The summed E-state index contributed by atoms with van der Waals surface area (Å²) in [7, 11) is 0. The Hall–Kier alpha value is -1.89. The third-order valence-corrected chi connectivity index (χ3v) is 4.61. The summed E-state index contributed by atoms with van der Waals surface area (Å²) in [6, 6.07) is 13.1. The first-order valence-corrected chi connectivity index (χ1v) is 8.59. The number of fused-ring (bicyclic) bond motifs is 1. The van der Waals surface area contributed by atoms with Crippen molar-refractivity contribution in [3.05, 3.63) is 58.1 Å². The molecule has 4 N–H and O–H groups in total. The summed E-state index contributed by atoms with van der Waals surface area (Å²) in [5, 5.41) is 6.19. The van der Waals surface area contributed by atoms with E-state index < -0.39 is 5.54 Å². The summed E-state index contributed by atoms with van der Waals surface area (Å²) in [5.41, 5.74) is 7.64. The number of hydrogen-bond donors (Lipinski definition) is 3. The molecule has 0 saturated heterocycles. The predicted octanol–water partition coefficient (Wildman–Crippen LogP) is 2.74. The van der Waals surface area contributed by atoms with E-state index in [9.17, 15) is 4.79 Å². The highest BCUT2D eigenvalue weighted by molar-refractivity contribution is 9.10. The minimum absolute atomic E-state index is 0.257. The molecule has 0 radical (unpaired) electrons. The van der Waals surface area contributed by atoms with Crippen LogP contribution in [0.2, 0.25) is 0 Å². The van der Waals surface area contributed by atoms with Crippen LogP contribution in [-0.4, -0.2) is 19.1 Å². The van der Waals surface area contributed by atoms with Crippen molar-refractivity contribution in [3.63, 3.8) is 0 Å². The SMILES string of the molecule is CC(N)(C(=O)Nc1ccc2c(c1)CNCCO2)c1ccc(Br)cc1. The molecular formula is C18H20BrN3O2. The molecule has 126 valence electrons. The summed E-state index contributed by atoms with van der Waals surface area (Å²) in [4.78, 5) is 12.7. The Bertz CT molecular complexity index is 744. The van der Waals surface area contributed by atoms with E-state index in [-0.39, 0.29) is 5.91 Å². The minimum atomic E-state index is -1.12. The molecule has 0 bridgehead atoms. The van der Waals surface area contributed by atoms with Gasteiger partial charge in [-0.1, -0.05) is 28.1 Å². The van der Waals surface area contributed by atoms with Gasteiger partial charge in [-0.2, -0.15) is 0 Å². The number of anilines is 1. The number of halogens is 1. The number of amides is 1. The quantitative estimate of drug-likeness (QED) is 0.754.